The summed E-state index contributed by atoms with van der Waals surface area (Å²) in [6, 6.07) is 5.53. The van der Waals surface area contributed by atoms with E-state index in [9.17, 15) is 14.5 Å². The molecule has 0 aliphatic heterocycles. The Hall–Kier alpha value is -1.76. The lowest BCUT2D eigenvalue weighted by atomic mass is 10.2. The highest BCUT2D eigenvalue weighted by Gasteiger charge is 2.19. The summed E-state index contributed by atoms with van der Waals surface area (Å²) in [5, 5.41) is 10.5. The van der Waals surface area contributed by atoms with Gasteiger partial charge in [0.2, 0.25) is 0 Å². The van der Waals surface area contributed by atoms with Crippen molar-refractivity contribution in [1.82, 2.24) is 9.97 Å². The zero-order chi connectivity index (χ0) is 11.7. The largest absolute Gasteiger partial charge is 0.433 e. The quantitative estimate of drug-likeness (QED) is 0.681. The Morgan fingerprint density at radius 3 is 2.50 bits per heavy atom. The van der Waals surface area contributed by atoms with Crippen LogP contribution in [0.5, 0.6) is 0 Å². The van der Waals surface area contributed by atoms with Gasteiger partial charge in [-0.15, -0.1) is 0 Å². The van der Waals surface area contributed by atoms with Gasteiger partial charge in [-0.1, -0.05) is 4.98 Å². The number of hydrogen-bond acceptors (Lipinski definition) is 3. The van der Waals surface area contributed by atoms with Gasteiger partial charge in [-0.25, -0.2) is 9.37 Å². The van der Waals surface area contributed by atoms with Gasteiger partial charge in [0.15, 0.2) is 10.3 Å². The number of halogens is 2. The fourth-order valence-electron chi connectivity index (χ4n) is 1.23. The van der Waals surface area contributed by atoms with Crippen molar-refractivity contribution in [3.05, 3.63) is 44.8 Å². The van der Waals surface area contributed by atoms with Crippen molar-refractivity contribution < 1.29 is 9.31 Å². The number of hydrogen-bond donors (Lipinski definition) is 1. The molecule has 16 heavy (non-hydrogen) atoms. The first kappa shape index (κ1) is 10.7. The third kappa shape index (κ3) is 1.94. The van der Waals surface area contributed by atoms with E-state index in [0.29, 0.717) is 15.9 Å². The van der Waals surface area contributed by atoms with Crippen LogP contribution in [0.1, 0.15) is 0 Å². The van der Waals surface area contributed by atoms with Crippen LogP contribution in [0, 0.1) is 15.9 Å². The summed E-state index contributed by atoms with van der Waals surface area (Å²) in [4.78, 5) is 16.1. The average Bonchev–Trinajstić information content (AvgIpc) is 2.62. The molecule has 0 amide bonds. The van der Waals surface area contributed by atoms with Gasteiger partial charge >= 0.3 is 5.95 Å². The predicted molar refractivity (Wildman–Crippen MR) is 58.3 cm³/mol. The Morgan fingerprint density at radius 1 is 1.38 bits per heavy atom. The van der Waals surface area contributed by atoms with Crippen molar-refractivity contribution in [2.24, 2.45) is 0 Å². The fourth-order valence-corrected chi connectivity index (χ4v) is 1.72. The molecule has 0 aliphatic rings. The van der Waals surface area contributed by atoms with E-state index >= 15 is 0 Å². The molecule has 0 unspecified atom stereocenters. The van der Waals surface area contributed by atoms with Crippen molar-refractivity contribution in [1.29, 1.82) is 0 Å². The first-order chi connectivity index (χ1) is 7.58. The molecule has 0 spiro atoms. The maximum Gasteiger partial charge on any atom is 0.433 e. The molecule has 1 aromatic heterocycles. The summed E-state index contributed by atoms with van der Waals surface area (Å²) in [6.45, 7) is 0. The molecule has 0 radical (unpaired) electrons. The first-order valence-corrected chi connectivity index (χ1v) is 5.03. The monoisotopic (exact) mass is 285 g/mol. The lowest BCUT2D eigenvalue weighted by Gasteiger charge is -1.93. The second-order valence-electron chi connectivity index (χ2n) is 2.99. The van der Waals surface area contributed by atoms with E-state index in [-0.39, 0.29) is 11.8 Å². The summed E-state index contributed by atoms with van der Waals surface area (Å²) in [5.74, 6) is -0.726. The van der Waals surface area contributed by atoms with Crippen molar-refractivity contribution in [3.8, 4) is 11.3 Å². The zero-order valence-electron chi connectivity index (χ0n) is 7.78. The molecule has 0 saturated heterocycles. The van der Waals surface area contributed by atoms with Crippen LogP contribution in [-0.2, 0) is 0 Å². The molecule has 0 aliphatic carbocycles. The summed E-state index contributed by atoms with van der Waals surface area (Å²) < 4.78 is 13.1. The fraction of sp³-hybridized carbons (Fsp3) is 0. The predicted octanol–water partition coefficient (Wildman–Crippen LogP) is 2.89. The van der Waals surface area contributed by atoms with E-state index in [0.717, 1.165) is 0 Å². The molecule has 5 nitrogen and oxygen atoms in total. The van der Waals surface area contributed by atoms with Crippen molar-refractivity contribution >= 4 is 21.9 Å². The minimum absolute atomic E-state index is 0.355. The molecule has 0 bridgehead atoms. The molecule has 0 atom stereocenters. The number of rotatable bonds is 2. The average molecular weight is 286 g/mol. The van der Waals surface area contributed by atoms with E-state index in [4.69, 9.17) is 0 Å². The van der Waals surface area contributed by atoms with Crippen molar-refractivity contribution in [2.45, 2.75) is 0 Å². The van der Waals surface area contributed by atoms with Gasteiger partial charge in [0.1, 0.15) is 5.82 Å². The molecule has 7 heteroatoms. The summed E-state index contributed by atoms with van der Waals surface area (Å²) >= 11 is 3.12. The molecule has 0 fully saturated rings. The highest BCUT2D eigenvalue weighted by molar-refractivity contribution is 9.10. The minimum Gasteiger partial charge on any atom is -0.390 e. The van der Waals surface area contributed by atoms with Gasteiger partial charge in [0, 0.05) is 5.56 Å². The Bertz CT molecular complexity index is 538. The maximum absolute atomic E-state index is 12.7. The van der Waals surface area contributed by atoms with Crippen LogP contribution >= 0.6 is 15.9 Å². The van der Waals surface area contributed by atoms with Crippen LogP contribution in [0.3, 0.4) is 0 Å². The van der Waals surface area contributed by atoms with Crippen LogP contribution in [0.15, 0.2) is 28.9 Å². The number of nitrogens with one attached hydrogen (secondary N) is 1. The number of nitrogens with zero attached hydrogens (tertiary/aromatic N) is 2. The third-order valence-electron chi connectivity index (χ3n) is 1.94. The molecule has 82 valence electrons. The van der Waals surface area contributed by atoms with E-state index < -0.39 is 4.92 Å². The molecule has 2 aromatic rings. The molecule has 1 N–H and O–H groups in total. The van der Waals surface area contributed by atoms with Gasteiger partial charge in [0.25, 0.3) is 0 Å². The van der Waals surface area contributed by atoms with Gasteiger partial charge in [-0.05, 0) is 45.1 Å². The topological polar surface area (TPSA) is 71.8 Å². The number of aromatic amines is 1. The van der Waals surface area contributed by atoms with Gasteiger partial charge < -0.3 is 10.1 Å². The second-order valence-corrected chi connectivity index (χ2v) is 3.78. The number of aromatic nitrogens is 2. The molecular weight excluding hydrogens is 281 g/mol. The molecular formula is C9H5BrFN3O2. The van der Waals surface area contributed by atoms with Gasteiger partial charge in [-0.2, -0.15) is 0 Å². The third-order valence-corrected chi connectivity index (χ3v) is 2.51. The van der Waals surface area contributed by atoms with Gasteiger partial charge in [-0.3, -0.25) is 0 Å². The maximum atomic E-state index is 12.7. The molecule has 1 aromatic carbocycles. The van der Waals surface area contributed by atoms with Crippen LogP contribution in [0.25, 0.3) is 11.3 Å². The van der Waals surface area contributed by atoms with E-state index in [1.807, 2.05) is 0 Å². The molecule has 1 heterocycles. The number of nitro groups is 1. The summed E-state index contributed by atoms with van der Waals surface area (Å²) in [5.41, 5.74) is 0.976. The van der Waals surface area contributed by atoms with Crippen LogP contribution in [0.2, 0.25) is 0 Å². The van der Waals surface area contributed by atoms with Crippen molar-refractivity contribution in [2.75, 3.05) is 0 Å². The standard InChI is InChI=1S/C9H5BrFN3O2/c10-8-7(12-9(13-8)14(15)16)5-1-3-6(11)4-2-5/h1-4H,(H,12,13). The number of benzene rings is 1. The van der Waals surface area contributed by atoms with Gasteiger partial charge in [0.05, 0.1) is 0 Å². The lowest BCUT2D eigenvalue weighted by molar-refractivity contribution is -0.393. The van der Waals surface area contributed by atoms with Crippen molar-refractivity contribution in [3.63, 3.8) is 0 Å². The lowest BCUT2D eigenvalue weighted by Crippen LogP contribution is -1.89. The number of H-pyrrole nitrogens is 1. The van der Waals surface area contributed by atoms with E-state index in [1.165, 1.54) is 24.3 Å². The summed E-state index contributed by atoms with van der Waals surface area (Å²) in [6.07, 6.45) is 0. The van der Waals surface area contributed by atoms with E-state index in [1.54, 1.807) is 0 Å². The highest BCUT2D eigenvalue weighted by Crippen LogP contribution is 2.28. The SMILES string of the molecule is O=[N+]([O-])c1nc(-c2ccc(F)cc2)c(Br)[nH]1. The van der Waals surface area contributed by atoms with Crippen LogP contribution in [0.4, 0.5) is 10.3 Å². The number of imidazole rings is 1. The summed E-state index contributed by atoms with van der Waals surface area (Å²) in [7, 11) is 0. The van der Waals surface area contributed by atoms with Crippen LogP contribution in [-0.4, -0.2) is 14.9 Å². The smallest absolute Gasteiger partial charge is 0.390 e. The zero-order valence-corrected chi connectivity index (χ0v) is 9.36. The normalized spacial score (nSPS) is 10.4. The minimum atomic E-state index is -0.627. The Labute approximate surface area is 97.6 Å². The Morgan fingerprint density at radius 2 is 2.00 bits per heavy atom. The Balaban J connectivity index is 2.47. The molecule has 2 rings (SSSR count). The first-order valence-electron chi connectivity index (χ1n) is 4.24. The molecule has 0 saturated carbocycles. The Kier molecular flexibility index (Phi) is 2.69. The van der Waals surface area contributed by atoms with E-state index in [2.05, 4.69) is 25.9 Å². The van der Waals surface area contributed by atoms with Crippen LogP contribution < -0.4 is 0 Å². The second kappa shape index (κ2) is 4.01. The highest BCUT2D eigenvalue weighted by atomic mass is 79.9.